The van der Waals surface area contributed by atoms with E-state index in [1.165, 1.54) is 0 Å². The van der Waals surface area contributed by atoms with Crippen molar-refractivity contribution >= 4 is 11.5 Å². The molecule has 0 amide bonds. The summed E-state index contributed by atoms with van der Waals surface area (Å²) in [6.45, 7) is 2.96. The molecule has 0 unspecified atom stereocenters. The molecule has 0 fully saturated rings. The van der Waals surface area contributed by atoms with Gasteiger partial charge >= 0.3 is 0 Å². The van der Waals surface area contributed by atoms with Crippen LogP contribution in [-0.4, -0.2) is 24.1 Å². The van der Waals surface area contributed by atoms with E-state index in [1.54, 1.807) is 17.8 Å². The van der Waals surface area contributed by atoms with Crippen LogP contribution in [0, 0.1) is 6.92 Å². The van der Waals surface area contributed by atoms with Gasteiger partial charge < -0.3 is 4.90 Å². The van der Waals surface area contributed by atoms with Gasteiger partial charge in [-0.3, -0.25) is 9.36 Å². The molecule has 0 N–H and O–H groups in total. The highest BCUT2D eigenvalue weighted by atomic mass is 16.1. The summed E-state index contributed by atoms with van der Waals surface area (Å²) in [6.07, 6.45) is 1.74. The van der Waals surface area contributed by atoms with Crippen molar-refractivity contribution in [3.05, 3.63) is 76.1 Å². The Morgan fingerprint density at radius 3 is 2.67 bits per heavy atom. The predicted octanol–water partition coefficient (Wildman–Crippen LogP) is 2.32. The highest BCUT2D eigenvalue weighted by molar-refractivity contribution is 5.67. The van der Waals surface area contributed by atoms with Crippen LogP contribution in [0.25, 0.3) is 16.9 Å². The Kier molecular flexibility index (Phi) is 3.36. The van der Waals surface area contributed by atoms with E-state index < -0.39 is 0 Å². The van der Waals surface area contributed by atoms with E-state index in [0.717, 1.165) is 39.8 Å². The minimum Gasteiger partial charge on any atom is -0.346 e. The summed E-state index contributed by atoms with van der Waals surface area (Å²) in [4.78, 5) is 24.1. The Morgan fingerprint density at radius 2 is 1.85 bits per heavy atom. The molecule has 27 heavy (non-hydrogen) atoms. The summed E-state index contributed by atoms with van der Waals surface area (Å²) in [5.41, 5.74) is 4.32. The molecule has 0 saturated carbocycles. The Bertz CT molecular complexity index is 1220. The Morgan fingerprint density at radius 1 is 1.04 bits per heavy atom. The van der Waals surface area contributed by atoms with Crippen molar-refractivity contribution in [3.63, 3.8) is 0 Å². The number of fused-ring (bicyclic) bond motifs is 2. The highest BCUT2D eigenvalue weighted by Gasteiger charge is 2.27. The summed E-state index contributed by atoms with van der Waals surface area (Å²) < 4.78 is 3.42. The molecule has 0 saturated heterocycles. The molecule has 1 aromatic carbocycles. The smallest absolute Gasteiger partial charge is 0.258 e. The second-order valence-corrected chi connectivity index (χ2v) is 6.77. The van der Waals surface area contributed by atoms with Gasteiger partial charge in [-0.15, -0.1) is 0 Å². The first-order valence-electron chi connectivity index (χ1n) is 8.82. The maximum atomic E-state index is 12.6. The zero-order valence-corrected chi connectivity index (χ0v) is 15.1. The fourth-order valence-corrected chi connectivity index (χ4v) is 3.57. The van der Waals surface area contributed by atoms with Crippen LogP contribution in [0.15, 0.2) is 53.5 Å². The Labute approximate surface area is 155 Å². The van der Waals surface area contributed by atoms with E-state index in [-0.39, 0.29) is 5.56 Å². The van der Waals surface area contributed by atoms with Crippen LogP contribution in [0.2, 0.25) is 0 Å². The summed E-state index contributed by atoms with van der Waals surface area (Å²) in [5.74, 6) is 1.63. The number of aryl methyl sites for hydroxylation is 1. The van der Waals surface area contributed by atoms with Gasteiger partial charge in [-0.2, -0.15) is 9.61 Å². The third-order valence-corrected chi connectivity index (χ3v) is 5.12. The summed E-state index contributed by atoms with van der Waals surface area (Å²) >= 11 is 0. The van der Waals surface area contributed by atoms with Gasteiger partial charge in [0.25, 0.3) is 5.56 Å². The highest BCUT2D eigenvalue weighted by Crippen LogP contribution is 2.29. The van der Waals surface area contributed by atoms with Gasteiger partial charge in [0.2, 0.25) is 0 Å². The fourth-order valence-electron chi connectivity index (χ4n) is 3.57. The van der Waals surface area contributed by atoms with E-state index in [1.807, 2.05) is 53.9 Å². The summed E-state index contributed by atoms with van der Waals surface area (Å²) in [5, 5.41) is 4.43. The lowest BCUT2D eigenvalue weighted by molar-refractivity contribution is 0.754. The van der Waals surface area contributed by atoms with Gasteiger partial charge in [0.05, 0.1) is 36.2 Å². The van der Waals surface area contributed by atoms with Crippen molar-refractivity contribution in [2.75, 3.05) is 4.90 Å². The van der Waals surface area contributed by atoms with E-state index in [0.29, 0.717) is 13.1 Å². The number of nitrogens with zero attached hydrogens (tertiary/aromatic N) is 6. The zero-order valence-electron chi connectivity index (χ0n) is 15.1. The number of hydrogen-bond acceptors (Lipinski definition) is 5. The molecule has 3 aromatic heterocycles. The standard InChI is InChI=1S/C20H18N6O/c1-13-22-17-12-25(11-15(17)20(27)24(13)2)19-10-16(14-6-4-3-5-7-14)23-18-8-9-21-26(18)19/h3-10H,11-12H2,1-2H3. The predicted molar refractivity (Wildman–Crippen MR) is 103 cm³/mol. The average molecular weight is 358 g/mol. The molecule has 134 valence electrons. The van der Waals surface area contributed by atoms with Crippen molar-refractivity contribution in [1.82, 2.24) is 24.1 Å². The minimum absolute atomic E-state index is 0.0223. The molecule has 0 aliphatic carbocycles. The Balaban J connectivity index is 1.65. The lowest BCUT2D eigenvalue weighted by Gasteiger charge is -2.19. The van der Waals surface area contributed by atoms with Crippen molar-refractivity contribution < 1.29 is 0 Å². The molecule has 4 heterocycles. The summed E-state index contributed by atoms with van der Waals surface area (Å²) in [6, 6.07) is 14.0. The molecular weight excluding hydrogens is 340 g/mol. The quantitative estimate of drug-likeness (QED) is 0.550. The largest absolute Gasteiger partial charge is 0.346 e. The average Bonchev–Trinajstić information content (AvgIpc) is 3.33. The third-order valence-electron chi connectivity index (χ3n) is 5.12. The first kappa shape index (κ1) is 15.7. The molecule has 1 aliphatic heterocycles. The lowest BCUT2D eigenvalue weighted by Crippen LogP contribution is -2.25. The molecule has 0 spiro atoms. The SMILES string of the molecule is Cc1nc2c(c(=O)n1C)CN(c1cc(-c3ccccc3)nc3ccnn13)C2. The van der Waals surface area contributed by atoms with Gasteiger partial charge in [0, 0.05) is 24.7 Å². The number of anilines is 1. The molecule has 1 aliphatic rings. The van der Waals surface area contributed by atoms with Crippen LogP contribution in [-0.2, 0) is 20.1 Å². The topological polar surface area (TPSA) is 68.3 Å². The number of hydrogen-bond donors (Lipinski definition) is 0. The second kappa shape index (κ2) is 5.77. The molecule has 7 heteroatoms. The van der Waals surface area contributed by atoms with Crippen LogP contribution >= 0.6 is 0 Å². The van der Waals surface area contributed by atoms with Crippen molar-refractivity contribution in [2.45, 2.75) is 20.0 Å². The molecule has 5 rings (SSSR count). The molecule has 0 bridgehead atoms. The minimum atomic E-state index is 0.0223. The monoisotopic (exact) mass is 358 g/mol. The van der Waals surface area contributed by atoms with E-state index >= 15 is 0 Å². The number of benzene rings is 1. The third kappa shape index (κ3) is 2.43. The van der Waals surface area contributed by atoms with Crippen molar-refractivity contribution in [1.29, 1.82) is 0 Å². The number of rotatable bonds is 2. The van der Waals surface area contributed by atoms with Gasteiger partial charge in [0.1, 0.15) is 11.6 Å². The first-order chi connectivity index (χ1) is 13.1. The number of aromatic nitrogens is 5. The normalized spacial score (nSPS) is 13.3. The molecular formula is C20H18N6O. The fraction of sp³-hybridized carbons (Fsp3) is 0.200. The maximum Gasteiger partial charge on any atom is 0.258 e. The van der Waals surface area contributed by atoms with Crippen LogP contribution in [0.1, 0.15) is 17.1 Å². The molecule has 4 aromatic rings. The van der Waals surface area contributed by atoms with Gasteiger partial charge in [-0.25, -0.2) is 9.97 Å². The Hall–Kier alpha value is -3.48. The van der Waals surface area contributed by atoms with Crippen LogP contribution in [0.3, 0.4) is 0 Å². The summed E-state index contributed by atoms with van der Waals surface area (Å²) in [7, 11) is 1.76. The molecule has 0 radical (unpaired) electrons. The zero-order chi connectivity index (χ0) is 18.5. The van der Waals surface area contributed by atoms with Crippen LogP contribution < -0.4 is 10.5 Å². The van der Waals surface area contributed by atoms with Gasteiger partial charge in [-0.1, -0.05) is 30.3 Å². The first-order valence-corrected chi connectivity index (χ1v) is 8.82. The lowest BCUT2D eigenvalue weighted by atomic mass is 10.1. The van der Waals surface area contributed by atoms with E-state index in [4.69, 9.17) is 4.98 Å². The van der Waals surface area contributed by atoms with Gasteiger partial charge in [-0.05, 0) is 6.92 Å². The molecule has 7 nitrogen and oxygen atoms in total. The van der Waals surface area contributed by atoms with E-state index in [2.05, 4.69) is 15.0 Å². The van der Waals surface area contributed by atoms with Crippen molar-refractivity contribution in [3.8, 4) is 11.3 Å². The second-order valence-electron chi connectivity index (χ2n) is 6.77. The van der Waals surface area contributed by atoms with Crippen LogP contribution in [0.4, 0.5) is 5.82 Å². The van der Waals surface area contributed by atoms with Crippen LogP contribution in [0.5, 0.6) is 0 Å². The molecule has 0 atom stereocenters. The van der Waals surface area contributed by atoms with Gasteiger partial charge in [0.15, 0.2) is 5.65 Å². The van der Waals surface area contributed by atoms with E-state index in [9.17, 15) is 4.79 Å². The van der Waals surface area contributed by atoms with Crippen molar-refractivity contribution in [2.24, 2.45) is 7.05 Å². The maximum absolute atomic E-state index is 12.6.